The zero-order valence-corrected chi connectivity index (χ0v) is 11.8. The van der Waals surface area contributed by atoms with Gasteiger partial charge in [-0.3, -0.25) is 14.9 Å². The Morgan fingerprint density at radius 1 is 1.35 bits per heavy atom. The van der Waals surface area contributed by atoms with Gasteiger partial charge in [0.25, 0.3) is 0 Å². The van der Waals surface area contributed by atoms with Gasteiger partial charge in [-0.1, -0.05) is 12.1 Å². The first-order valence-corrected chi connectivity index (χ1v) is 6.60. The molecule has 0 saturated carbocycles. The fourth-order valence-electron chi connectivity index (χ4n) is 1.98. The third-order valence-corrected chi connectivity index (χ3v) is 3.25. The first kappa shape index (κ1) is 14.3. The van der Waals surface area contributed by atoms with Crippen LogP contribution in [0.2, 0.25) is 0 Å². The van der Waals surface area contributed by atoms with E-state index in [1.165, 1.54) is 0 Å². The van der Waals surface area contributed by atoms with E-state index in [0.29, 0.717) is 13.1 Å². The van der Waals surface area contributed by atoms with Gasteiger partial charge in [-0.2, -0.15) is 0 Å². The molecule has 2 rings (SSSR count). The second-order valence-corrected chi connectivity index (χ2v) is 5.02. The number of carbonyl (C=O) groups is 2. The minimum absolute atomic E-state index is 0.0756. The van der Waals surface area contributed by atoms with Crippen LogP contribution in [0.4, 0.5) is 5.69 Å². The van der Waals surface area contributed by atoms with E-state index in [1.54, 1.807) is 0 Å². The quantitative estimate of drug-likeness (QED) is 0.690. The molecule has 0 aromatic heterocycles. The minimum atomic E-state index is -0.353. The number of nitrogens with one attached hydrogen (secondary N) is 3. The lowest BCUT2D eigenvalue weighted by molar-refractivity contribution is -0.126. The molecule has 1 unspecified atom stereocenters. The van der Waals surface area contributed by atoms with Gasteiger partial charge in [0.05, 0.1) is 6.54 Å². The topological polar surface area (TPSA) is 73.5 Å². The van der Waals surface area contributed by atoms with Crippen LogP contribution < -0.4 is 20.9 Å². The predicted octanol–water partition coefficient (Wildman–Crippen LogP) is -0.543. The van der Waals surface area contributed by atoms with Crippen LogP contribution in [0.5, 0.6) is 0 Å². The van der Waals surface area contributed by atoms with Crippen LogP contribution in [0.25, 0.3) is 0 Å². The minimum Gasteiger partial charge on any atom is -0.378 e. The fraction of sp³-hybridized carbons (Fsp3) is 0.429. The summed E-state index contributed by atoms with van der Waals surface area (Å²) in [4.78, 5) is 24.9. The number of carbonyl (C=O) groups excluding carboxylic acids is 2. The van der Waals surface area contributed by atoms with Crippen molar-refractivity contribution in [2.45, 2.75) is 12.6 Å². The Kier molecular flexibility index (Phi) is 4.57. The lowest BCUT2D eigenvalue weighted by Gasteiger charge is -2.23. The second kappa shape index (κ2) is 6.38. The van der Waals surface area contributed by atoms with Crippen molar-refractivity contribution >= 4 is 17.5 Å². The van der Waals surface area contributed by atoms with E-state index in [-0.39, 0.29) is 24.4 Å². The maximum atomic E-state index is 11.9. The molecule has 1 fully saturated rings. The standard InChI is InChI=1S/C14H20N4O2/c1-18(2)11-5-3-10(4-6-11)7-17-14(20)12-8-16-13(19)9-15-12/h3-6,12,15H,7-9H2,1-2H3,(H,16,19)(H,17,20). The number of benzene rings is 1. The highest BCUT2D eigenvalue weighted by molar-refractivity contribution is 5.86. The molecule has 1 aliphatic rings. The van der Waals surface area contributed by atoms with Gasteiger partial charge in [0.15, 0.2) is 0 Å². The zero-order valence-electron chi connectivity index (χ0n) is 11.8. The third-order valence-electron chi connectivity index (χ3n) is 3.25. The summed E-state index contributed by atoms with van der Waals surface area (Å²) in [6.45, 7) is 1.01. The average molecular weight is 276 g/mol. The van der Waals surface area contributed by atoms with Crippen molar-refractivity contribution in [2.75, 3.05) is 32.1 Å². The molecular weight excluding hydrogens is 256 g/mol. The molecule has 1 aromatic rings. The highest BCUT2D eigenvalue weighted by Gasteiger charge is 2.23. The van der Waals surface area contributed by atoms with Crippen LogP contribution in [0.15, 0.2) is 24.3 Å². The Morgan fingerprint density at radius 3 is 2.60 bits per heavy atom. The molecule has 1 aliphatic heterocycles. The van der Waals surface area contributed by atoms with E-state index >= 15 is 0 Å². The summed E-state index contributed by atoms with van der Waals surface area (Å²) in [6.07, 6.45) is 0. The number of hydrogen-bond acceptors (Lipinski definition) is 4. The van der Waals surface area contributed by atoms with Gasteiger partial charge in [-0.25, -0.2) is 0 Å². The Balaban J connectivity index is 1.82. The number of piperazine rings is 1. The van der Waals surface area contributed by atoms with Crippen LogP contribution >= 0.6 is 0 Å². The molecule has 1 heterocycles. The van der Waals surface area contributed by atoms with Crippen LogP contribution in [0.3, 0.4) is 0 Å². The summed E-state index contributed by atoms with van der Waals surface area (Å²) in [5.74, 6) is -0.171. The smallest absolute Gasteiger partial charge is 0.239 e. The third kappa shape index (κ3) is 3.71. The van der Waals surface area contributed by atoms with Gasteiger partial charge in [-0.05, 0) is 17.7 Å². The summed E-state index contributed by atoms with van der Waals surface area (Å²) in [5, 5.41) is 8.43. The predicted molar refractivity (Wildman–Crippen MR) is 77.4 cm³/mol. The number of rotatable bonds is 4. The largest absolute Gasteiger partial charge is 0.378 e. The summed E-state index contributed by atoms with van der Waals surface area (Å²) in [6, 6.07) is 7.66. The molecule has 6 heteroatoms. The summed E-state index contributed by atoms with van der Waals surface area (Å²) in [5.41, 5.74) is 2.17. The molecule has 1 aromatic carbocycles. The number of anilines is 1. The van der Waals surface area contributed by atoms with Gasteiger partial charge < -0.3 is 15.5 Å². The number of amides is 2. The first-order valence-electron chi connectivity index (χ1n) is 6.60. The van der Waals surface area contributed by atoms with Crippen LogP contribution in [0.1, 0.15) is 5.56 Å². The van der Waals surface area contributed by atoms with E-state index < -0.39 is 0 Å². The van der Waals surface area contributed by atoms with Crippen molar-refractivity contribution < 1.29 is 9.59 Å². The van der Waals surface area contributed by atoms with E-state index in [0.717, 1.165) is 11.3 Å². The summed E-state index contributed by atoms with van der Waals surface area (Å²) < 4.78 is 0. The SMILES string of the molecule is CN(C)c1ccc(CNC(=O)C2CNC(=O)CN2)cc1. The van der Waals surface area contributed by atoms with Gasteiger partial charge >= 0.3 is 0 Å². The molecule has 6 nitrogen and oxygen atoms in total. The number of hydrogen-bond donors (Lipinski definition) is 3. The first-order chi connectivity index (χ1) is 9.56. The summed E-state index contributed by atoms with van der Waals surface area (Å²) >= 11 is 0. The van der Waals surface area contributed by atoms with Crippen LogP contribution in [-0.4, -0.2) is 45.0 Å². The van der Waals surface area contributed by atoms with E-state index in [4.69, 9.17) is 0 Å². The molecule has 20 heavy (non-hydrogen) atoms. The Labute approximate surface area is 118 Å². The van der Waals surface area contributed by atoms with Crippen molar-refractivity contribution in [3.63, 3.8) is 0 Å². The molecule has 108 valence electrons. The summed E-state index contributed by atoms with van der Waals surface area (Å²) in [7, 11) is 3.97. The average Bonchev–Trinajstić information content (AvgIpc) is 2.46. The molecule has 0 aliphatic carbocycles. The molecule has 3 N–H and O–H groups in total. The van der Waals surface area contributed by atoms with Crippen molar-refractivity contribution in [1.82, 2.24) is 16.0 Å². The maximum Gasteiger partial charge on any atom is 0.239 e. The molecule has 0 radical (unpaired) electrons. The van der Waals surface area contributed by atoms with Gasteiger partial charge in [-0.15, -0.1) is 0 Å². The van der Waals surface area contributed by atoms with Gasteiger partial charge in [0.1, 0.15) is 6.04 Å². The second-order valence-electron chi connectivity index (χ2n) is 5.02. The van der Waals surface area contributed by atoms with Crippen LogP contribution in [-0.2, 0) is 16.1 Å². The number of nitrogens with zero attached hydrogens (tertiary/aromatic N) is 1. The fourth-order valence-corrected chi connectivity index (χ4v) is 1.98. The monoisotopic (exact) mass is 276 g/mol. The van der Waals surface area contributed by atoms with Crippen LogP contribution in [0, 0.1) is 0 Å². The highest BCUT2D eigenvalue weighted by atomic mass is 16.2. The van der Waals surface area contributed by atoms with Gasteiger partial charge in [0, 0.05) is 32.9 Å². The van der Waals surface area contributed by atoms with Crippen molar-refractivity contribution in [1.29, 1.82) is 0 Å². The lowest BCUT2D eigenvalue weighted by atomic mass is 10.2. The molecule has 1 atom stereocenters. The van der Waals surface area contributed by atoms with Gasteiger partial charge in [0.2, 0.25) is 11.8 Å². The molecular formula is C14H20N4O2. The Bertz CT molecular complexity index is 474. The van der Waals surface area contributed by atoms with Crippen molar-refractivity contribution in [3.05, 3.63) is 29.8 Å². The Hall–Kier alpha value is -2.08. The van der Waals surface area contributed by atoms with E-state index in [1.807, 2.05) is 43.3 Å². The van der Waals surface area contributed by atoms with Crippen molar-refractivity contribution in [2.24, 2.45) is 0 Å². The molecule has 2 amide bonds. The molecule has 1 saturated heterocycles. The normalized spacial score (nSPS) is 18.3. The highest BCUT2D eigenvalue weighted by Crippen LogP contribution is 2.11. The zero-order chi connectivity index (χ0) is 14.5. The van der Waals surface area contributed by atoms with E-state index in [9.17, 15) is 9.59 Å². The Morgan fingerprint density at radius 2 is 2.05 bits per heavy atom. The van der Waals surface area contributed by atoms with E-state index in [2.05, 4.69) is 16.0 Å². The van der Waals surface area contributed by atoms with Crippen molar-refractivity contribution in [3.8, 4) is 0 Å². The molecule has 0 bridgehead atoms. The molecule has 0 spiro atoms. The maximum absolute atomic E-state index is 11.9. The lowest BCUT2D eigenvalue weighted by Crippen LogP contribution is -2.57.